The fourth-order valence-electron chi connectivity index (χ4n) is 1.78. The Balaban J connectivity index is 2.32. The minimum atomic E-state index is -0.740. The summed E-state index contributed by atoms with van der Waals surface area (Å²) in [4.78, 5) is 10.6. The Bertz CT molecular complexity index is 469. The van der Waals surface area contributed by atoms with Crippen LogP contribution in [0.3, 0.4) is 0 Å². The first-order chi connectivity index (χ1) is 8.27. The molecule has 0 amide bonds. The lowest BCUT2D eigenvalue weighted by molar-refractivity contribution is 0.00578. The van der Waals surface area contributed by atoms with E-state index in [4.69, 9.17) is 9.31 Å². The molecule has 1 aliphatic rings. The van der Waals surface area contributed by atoms with Crippen molar-refractivity contribution in [2.24, 2.45) is 0 Å². The second-order valence-corrected chi connectivity index (χ2v) is 5.49. The molecule has 0 spiro atoms. The normalized spacial score (nSPS) is 21.1. The summed E-state index contributed by atoms with van der Waals surface area (Å²) in [6.45, 7) is 7.63. The number of carbonyl (C=O) groups is 1. The molecule has 0 aliphatic carbocycles. The van der Waals surface area contributed by atoms with Gasteiger partial charge in [-0.1, -0.05) is 12.1 Å². The highest BCUT2D eigenvalue weighted by Crippen LogP contribution is 2.36. The maximum absolute atomic E-state index is 13.9. The average Bonchev–Trinajstić information content (AvgIpc) is 2.47. The lowest BCUT2D eigenvalue weighted by atomic mass is 9.78. The Hall–Kier alpha value is -1.20. The van der Waals surface area contributed by atoms with Crippen molar-refractivity contribution in [3.63, 3.8) is 0 Å². The van der Waals surface area contributed by atoms with Crippen molar-refractivity contribution in [2.75, 3.05) is 0 Å². The van der Waals surface area contributed by atoms with E-state index in [-0.39, 0.29) is 0 Å². The van der Waals surface area contributed by atoms with Gasteiger partial charge in [-0.15, -0.1) is 0 Å². The van der Waals surface area contributed by atoms with Crippen LogP contribution in [0, 0.1) is 5.82 Å². The van der Waals surface area contributed by atoms with Gasteiger partial charge < -0.3 is 9.31 Å². The van der Waals surface area contributed by atoms with E-state index >= 15 is 0 Å². The molecule has 0 radical (unpaired) electrons. The van der Waals surface area contributed by atoms with Crippen LogP contribution in [0.25, 0.3) is 0 Å². The van der Waals surface area contributed by atoms with E-state index in [2.05, 4.69) is 0 Å². The molecule has 0 saturated carbocycles. The van der Waals surface area contributed by atoms with Gasteiger partial charge in [0.1, 0.15) is 12.1 Å². The summed E-state index contributed by atoms with van der Waals surface area (Å²) in [5.41, 5.74) is -0.395. The monoisotopic (exact) mass is 250 g/mol. The lowest BCUT2D eigenvalue weighted by Crippen LogP contribution is -2.41. The van der Waals surface area contributed by atoms with E-state index < -0.39 is 24.1 Å². The average molecular weight is 250 g/mol. The van der Waals surface area contributed by atoms with Crippen molar-refractivity contribution in [1.29, 1.82) is 0 Å². The molecule has 1 heterocycles. The molecule has 96 valence electrons. The predicted octanol–water partition coefficient (Wildman–Crippen LogP) is 1.94. The van der Waals surface area contributed by atoms with Crippen LogP contribution in [0.15, 0.2) is 18.2 Å². The van der Waals surface area contributed by atoms with Crippen molar-refractivity contribution >= 4 is 18.9 Å². The molecule has 0 bridgehead atoms. The maximum Gasteiger partial charge on any atom is 0.497 e. The molecule has 0 atom stereocenters. The Kier molecular flexibility index (Phi) is 3.07. The van der Waals surface area contributed by atoms with Gasteiger partial charge in [0.2, 0.25) is 0 Å². The number of hydrogen-bond acceptors (Lipinski definition) is 3. The smallest absolute Gasteiger partial charge is 0.399 e. The Labute approximate surface area is 106 Å². The molecule has 2 rings (SSSR count). The van der Waals surface area contributed by atoms with Crippen molar-refractivity contribution in [1.82, 2.24) is 0 Å². The zero-order valence-electron chi connectivity index (χ0n) is 11.0. The van der Waals surface area contributed by atoms with Gasteiger partial charge in [0.05, 0.1) is 11.2 Å². The van der Waals surface area contributed by atoms with Gasteiger partial charge in [0.15, 0.2) is 0 Å². The fourth-order valence-corrected chi connectivity index (χ4v) is 1.78. The minimum Gasteiger partial charge on any atom is -0.399 e. The highest BCUT2D eigenvalue weighted by Gasteiger charge is 2.52. The van der Waals surface area contributed by atoms with Crippen LogP contribution in [0.2, 0.25) is 0 Å². The van der Waals surface area contributed by atoms with E-state index in [0.717, 1.165) is 0 Å². The lowest BCUT2D eigenvalue weighted by Gasteiger charge is -2.32. The highest BCUT2D eigenvalue weighted by atomic mass is 19.1. The van der Waals surface area contributed by atoms with Gasteiger partial charge in [0.25, 0.3) is 0 Å². The van der Waals surface area contributed by atoms with E-state index in [9.17, 15) is 9.18 Å². The molecule has 1 fully saturated rings. The van der Waals surface area contributed by atoms with Crippen LogP contribution in [0.4, 0.5) is 4.39 Å². The van der Waals surface area contributed by atoms with Crippen molar-refractivity contribution in [3.8, 4) is 0 Å². The van der Waals surface area contributed by atoms with E-state index in [1.807, 2.05) is 27.7 Å². The van der Waals surface area contributed by atoms with E-state index in [1.54, 1.807) is 6.07 Å². The zero-order chi connectivity index (χ0) is 13.6. The number of halogens is 1. The number of carbonyl (C=O) groups excluding carboxylic acids is 1. The first-order valence-electron chi connectivity index (χ1n) is 5.87. The third-order valence-electron chi connectivity index (χ3n) is 3.67. The molecular weight excluding hydrogens is 234 g/mol. The maximum atomic E-state index is 13.9. The molecule has 1 aliphatic heterocycles. The SMILES string of the molecule is CC1(C)OB(c2ccc(C=O)cc2F)OC1(C)C. The van der Waals surface area contributed by atoms with Crippen molar-refractivity contribution < 1.29 is 18.5 Å². The molecule has 3 nitrogen and oxygen atoms in total. The van der Waals surface area contributed by atoms with Gasteiger partial charge in [-0.3, -0.25) is 4.79 Å². The summed E-state index contributed by atoms with van der Waals surface area (Å²) in [7, 11) is -0.740. The molecule has 0 N–H and O–H groups in total. The molecule has 5 heteroatoms. The van der Waals surface area contributed by atoms with Gasteiger partial charge >= 0.3 is 7.12 Å². The summed E-state index contributed by atoms with van der Waals surface area (Å²) in [6.07, 6.45) is 0.608. The number of aldehydes is 1. The van der Waals surface area contributed by atoms with Crippen LogP contribution >= 0.6 is 0 Å². The number of benzene rings is 1. The largest absolute Gasteiger partial charge is 0.497 e. The Morgan fingerprint density at radius 3 is 2.17 bits per heavy atom. The summed E-state index contributed by atoms with van der Waals surface area (Å²) in [5, 5.41) is 0. The Morgan fingerprint density at radius 2 is 1.72 bits per heavy atom. The van der Waals surface area contributed by atoms with Crippen LogP contribution in [0.5, 0.6) is 0 Å². The van der Waals surface area contributed by atoms with Crippen molar-refractivity contribution in [2.45, 2.75) is 38.9 Å². The standard InChI is InChI=1S/C13H16BFO3/c1-12(2)13(3,4)18-14(17-12)10-6-5-9(8-16)7-11(10)15/h5-8H,1-4H3. The molecular formula is C13H16BFO3. The number of hydrogen-bond donors (Lipinski definition) is 0. The summed E-state index contributed by atoms with van der Waals surface area (Å²) in [6, 6.07) is 4.27. The van der Waals surface area contributed by atoms with Crippen LogP contribution in [0.1, 0.15) is 38.1 Å². The summed E-state index contributed by atoms with van der Waals surface area (Å²) >= 11 is 0. The van der Waals surface area contributed by atoms with E-state index in [1.165, 1.54) is 12.1 Å². The first-order valence-corrected chi connectivity index (χ1v) is 5.87. The molecule has 0 aromatic heterocycles. The minimum absolute atomic E-state index is 0.299. The Morgan fingerprint density at radius 1 is 1.17 bits per heavy atom. The van der Waals surface area contributed by atoms with E-state index in [0.29, 0.717) is 17.3 Å². The summed E-state index contributed by atoms with van der Waals surface area (Å²) in [5.74, 6) is -0.488. The van der Waals surface area contributed by atoms with Gasteiger partial charge in [-0.25, -0.2) is 4.39 Å². The summed E-state index contributed by atoms with van der Waals surface area (Å²) < 4.78 is 25.4. The van der Waals surface area contributed by atoms with Crippen LogP contribution in [-0.2, 0) is 9.31 Å². The molecule has 18 heavy (non-hydrogen) atoms. The van der Waals surface area contributed by atoms with Gasteiger partial charge in [0, 0.05) is 11.0 Å². The number of rotatable bonds is 2. The highest BCUT2D eigenvalue weighted by molar-refractivity contribution is 6.62. The van der Waals surface area contributed by atoms with Crippen molar-refractivity contribution in [3.05, 3.63) is 29.6 Å². The predicted molar refractivity (Wildman–Crippen MR) is 67.5 cm³/mol. The molecule has 1 saturated heterocycles. The van der Waals surface area contributed by atoms with Gasteiger partial charge in [-0.05, 0) is 33.8 Å². The molecule has 1 aromatic rings. The zero-order valence-corrected chi connectivity index (χ0v) is 11.0. The topological polar surface area (TPSA) is 35.5 Å². The first kappa shape index (κ1) is 13.2. The van der Waals surface area contributed by atoms with Gasteiger partial charge in [-0.2, -0.15) is 0 Å². The van der Waals surface area contributed by atoms with Crippen LogP contribution in [-0.4, -0.2) is 24.6 Å². The second kappa shape index (κ2) is 4.18. The third kappa shape index (κ3) is 2.08. The third-order valence-corrected chi connectivity index (χ3v) is 3.67. The molecule has 1 aromatic carbocycles. The van der Waals surface area contributed by atoms with Crippen LogP contribution < -0.4 is 5.46 Å². The molecule has 0 unspecified atom stereocenters. The second-order valence-electron chi connectivity index (χ2n) is 5.49. The fraction of sp³-hybridized carbons (Fsp3) is 0.462. The quantitative estimate of drug-likeness (QED) is 0.594.